The van der Waals surface area contributed by atoms with Crippen LogP contribution < -0.4 is 0 Å². The Labute approximate surface area is 266 Å². The van der Waals surface area contributed by atoms with Crippen molar-refractivity contribution in [3.05, 3.63) is 0 Å². The van der Waals surface area contributed by atoms with Crippen molar-refractivity contribution in [2.24, 2.45) is 0 Å². The van der Waals surface area contributed by atoms with E-state index in [-0.39, 0.29) is 77.9 Å². The van der Waals surface area contributed by atoms with Gasteiger partial charge < -0.3 is 52.8 Å². The summed E-state index contributed by atoms with van der Waals surface area (Å²) >= 11 is 0. The molecule has 0 aromatic rings. The van der Waals surface area contributed by atoms with Crippen LogP contribution in [0.3, 0.4) is 0 Å². The maximum Gasteiger partial charge on any atom is 0.508 e. The summed E-state index contributed by atoms with van der Waals surface area (Å²) in [6.07, 6.45) is -0.839. The first kappa shape index (κ1) is 38.6. The Morgan fingerprint density at radius 1 is 0.652 bits per heavy atom. The number of rotatable bonds is 25. The molecule has 0 amide bonds. The van der Waals surface area contributed by atoms with Crippen LogP contribution in [0.2, 0.25) is 0 Å². The largest absolute Gasteiger partial charge is 0.508 e. The molecule has 0 aromatic heterocycles. The molecule has 4 unspecified atom stereocenters. The Bertz CT molecular complexity index is 893. The van der Waals surface area contributed by atoms with Gasteiger partial charge in [-0.15, -0.1) is 0 Å². The van der Waals surface area contributed by atoms with Crippen molar-refractivity contribution in [3.63, 3.8) is 0 Å². The van der Waals surface area contributed by atoms with E-state index in [9.17, 15) is 39.0 Å². The lowest BCUT2D eigenvalue weighted by molar-refractivity contribution is -0.156. The maximum atomic E-state index is 11.8. The number of carbonyl (C=O) groups is 6. The smallest absolute Gasteiger partial charge is 0.463 e. The zero-order valence-electron chi connectivity index (χ0n) is 25.8. The number of ether oxygens (including phenoxy) is 9. The molecule has 262 valence electrons. The van der Waals surface area contributed by atoms with E-state index in [0.717, 1.165) is 25.7 Å². The van der Waals surface area contributed by atoms with E-state index < -0.39 is 54.4 Å². The van der Waals surface area contributed by atoms with Crippen LogP contribution in [0.5, 0.6) is 0 Å². The molecular formula is C29H44O17. The first-order chi connectivity index (χ1) is 22.1. The van der Waals surface area contributed by atoms with Gasteiger partial charge in [0.2, 0.25) is 0 Å². The summed E-state index contributed by atoms with van der Waals surface area (Å²) in [6.45, 7) is 0.0192. The van der Waals surface area contributed by atoms with Gasteiger partial charge in [-0.05, 0) is 19.3 Å². The molecule has 2 aliphatic rings. The minimum atomic E-state index is -1.01. The lowest BCUT2D eigenvalue weighted by Gasteiger charge is -2.13. The summed E-state index contributed by atoms with van der Waals surface area (Å²) < 4.78 is 44.7. The summed E-state index contributed by atoms with van der Waals surface area (Å²) in [5.41, 5.74) is 0. The van der Waals surface area contributed by atoms with Gasteiger partial charge in [0, 0.05) is 19.6 Å². The van der Waals surface area contributed by atoms with Gasteiger partial charge in [0.1, 0.15) is 51.3 Å². The van der Waals surface area contributed by atoms with Gasteiger partial charge >= 0.3 is 36.0 Å². The minimum Gasteiger partial charge on any atom is -0.463 e. The Morgan fingerprint density at radius 2 is 1.13 bits per heavy atom. The Morgan fingerprint density at radius 3 is 1.57 bits per heavy atom. The zero-order chi connectivity index (χ0) is 33.6. The summed E-state index contributed by atoms with van der Waals surface area (Å²) in [4.78, 5) is 68.6. The van der Waals surface area contributed by atoms with Gasteiger partial charge in [0.25, 0.3) is 0 Å². The van der Waals surface area contributed by atoms with Crippen LogP contribution >= 0.6 is 0 Å². The number of esters is 5. The summed E-state index contributed by atoms with van der Waals surface area (Å²) in [5.74, 6) is -2.92. The molecule has 46 heavy (non-hydrogen) atoms. The van der Waals surface area contributed by atoms with Crippen LogP contribution in [0.1, 0.15) is 64.2 Å². The molecule has 2 rings (SSSR count). The second-order valence-corrected chi connectivity index (χ2v) is 10.6. The normalized spacial score (nSPS) is 18.6. The third-order valence-electron chi connectivity index (χ3n) is 6.37. The lowest BCUT2D eigenvalue weighted by Crippen LogP contribution is -2.24. The highest BCUT2D eigenvalue weighted by Gasteiger charge is 2.27. The van der Waals surface area contributed by atoms with Crippen LogP contribution in [0.4, 0.5) is 4.79 Å². The molecule has 0 saturated carbocycles. The second kappa shape index (κ2) is 22.9. The van der Waals surface area contributed by atoms with Crippen molar-refractivity contribution >= 4 is 36.0 Å². The molecule has 0 aromatic carbocycles. The minimum absolute atomic E-state index is 0.00503. The van der Waals surface area contributed by atoms with Gasteiger partial charge in [-0.2, -0.15) is 0 Å². The van der Waals surface area contributed by atoms with Crippen molar-refractivity contribution < 1.29 is 81.6 Å². The standard InChI is InChI=1S/C29H44O17/c30-20(15-40-24(32)7-9-26(34)42-17-22-5-6-28(36)45-22)13-38-11-3-1-2-4-12-39-14-21(31)16-41-25(33)8-10-27(35)43-18-23-19-44-29(37)46-23/h20-23,30-31H,1-19H2. The highest BCUT2D eigenvalue weighted by Crippen LogP contribution is 2.14. The number of aliphatic hydroxyl groups is 2. The Kier molecular flexibility index (Phi) is 19.2. The zero-order valence-corrected chi connectivity index (χ0v) is 25.8. The van der Waals surface area contributed by atoms with Crippen molar-refractivity contribution in [2.45, 2.75) is 88.6 Å². The number of hydrogen-bond donors (Lipinski definition) is 2. The third kappa shape index (κ3) is 19.1. The van der Waals surface area contributed by atoms with E-state index in [4.69, 9.17) is 37.9 Å². The molecule has 2 aliphatic heterocycles. The lowest BCUT2D eigenvalue weighted by atomic mass is 10.2. The predicted molar refractivity (Wildman–Crippen MR) is 150 cm³/mol. The van der Waals surface area contributed by atoms with Crippen molar-refractivity contribution in [2.75, 3.05) is 59.5 Å². The van der Waals surface area contributed by atoms with Crippen molar-refractivity contribution in [3.8, 4) is 0 Å². The number of unbranched alkanes of at least 4 members (excludes halogenated alkanes) is 3. The van der Waals surface area contributed by atoms with Gasteiger partial charge in [-0.1, -0.05) is 12.8 Å². The maximum absolute atomic E-state index is 11.8. The van der Waals surface area contributed by atoms with Crippen LogP contribution in [0, 0.1) is 0 Å². The Hall–Kier alpha value is -3.54. The fourth-order valence-corrected chi connectivity index (χ4v) is 3.89. The number of cyclic esters (lactones) is 3. The predicted octanol–water partition coefficient (Wildman–Crippen LogP) is 0.276. The molecule has 0 aliphatic carbocycles. The van der Waals surface area contributed by atoms with E-state index in [1.165, 1.54) is 0 Å². The average Bonchev–Trinajstić information content (AvgIpc) is 3.66. The monoisotopic (exact) mass is 664 g/mol. The average molecular weight is 665 g/mol. The highest BCUT2D eigenvalue weighted by atomic mass is 16.8. The van der Waals surface area contributed by atoms with E-state index >= 15 is 0 Å². The van der Waals surface area contributed by atoms with E-state index in [1.54, 1.807) is 0 Å². The number of hydrogen-bond acceptors (Lipinski definition) is 17. The molecule has 2 saturated heterocycles. The molecule has 2 fully saturated rings. The van der Waals surface area contributed by atoms with E-state index in [0.29, 0.717) is 26.1 Å². The molecule has 0 radical (unpaired) electrons. The Balaban J connectivity index is 1.32. The van der Waals surface area contributed by atoms with Crippen molar-refractivity contribution in [1.82, 2.24) is 0 Å². The first-order valence-corrected chi connectivity index (χ1v) is 15.3. The molecule has 17 nitrogen and oxygen atoms in total. The van der Waals surface area contributed by atoms with Gasteiger partial charge in [0.15, 0.2) is 6.10 Å². The number of carbonyl (C=O) groups excluding carboxylic acids is 6. The molecule has 0 bridgehead atoms. The van der Waals surface area contributed by atoms with Crippen LogP contribution in [0.25, 0.3) is 0 Å². The van der Waals surface area contributed by atoms with Crippen molar-refractivity contribution in [1.29, 1.82) is 0 Å². The van der Waals surface area contributed by atoms with E-state index in [2.05, 4.69) is 4.74 Å². The fourth-order valence-electron chi connectivity index (χ4n) is 3.89. The SMILES string of the molecule is O=C(CCC(=O)OCC1CCC(=O)O1)OCC(O)COCCCCCCOCC(O)COC(=O)CCC(=O)OCC1COC(=O)O1. The first-order valence-electron chi connectivity index (χ1n) is 15.3. The highest BCUT2D eigenvalue weighted by molar-refractivity contribution is 5.78. The summed E-state index contributed by atoms with van der Waals surface area (Å²) in [6, 6.07) is 0. The fraction of sp³-hybridized carbons (Fsp3) is 0.793. The molecule has 2 N–H and O–H groups in total. The second-order valence-electron chi connectivity index (χ2n) is 10.6. The summed E-state index contributed by atoms with van der Waals surface area (Å²) in [7, 11) is 0. The van der Waals surface area contributed by atoms with Crippen LogP contribution in [0.15, 0.2) is 0 Å². The van der Waals surface area contributed by atoms with Gasteiger partial charge in [-0.3, -0.25) is 24.0 Å². The van der Waals surface area contributed by atoms with Gasteiger partial charge in [0.05, 0.1) is 38.9 Å². The van der Waals surface area contributed by atoms with Crippen LogP contribution in [-0.4, -0.2) is 130 Å². The van der Waals surface area contributed by atoms with E-state index in [1.807, 2.05) is 0 Å². The molecule has 17 heteroatoms. The third-order valence-corrected chi connectivity index (χ3v) is 6.37. The molecule has 2 heterocycles. The van der Waals surface area contributed by atoms with Gasteiger partial charge in [-0.25, -0.2) is 4.79 Å². The quantitative estimate of drug-likeness (QED) is 0.0759. The molecule has 4 atom stereocenters. The molecule has 0 spiro atoms. The number of aliphatic hydroxyl groups excluding tert-OH is 2. The summed E-state index contributed by atoms with van der Waals surface area (Å²) in [5, 5.41) is 19.8. The van der Waals surface area contributed by atoms with Crippen LogP contribution in [-0.2, 0) is 66.6 Å². The topological polar surface area (TPSA) is 226 Å². The molecular weight excluding hydrogens is 620 g/mol.